The molecule has 0 unspecified atom stereocenters. The fraction of sp³-hybridized carbons (Fsp3) is 0.167. The van der Waals surface area contributed by atoms with E-state index in [-0.39, 0.29) is 0 Å². The molecule has 0 atom stereocenters. The quantitative estimate of drug-likeness (QED) is 0.659. The second kappa shape index (κ2) is 2.91. The van der Waals surface area contributed by atoms with E-state index in [9.17, 15) is 0 Å². The molecule has 0 spiro atoms. The molecule has 2 aromatic rings. The summed E-state index contributed by atoms with van der Waals surface area (Å²) in [5.41, 5.74) is 2.89. The van der Waals surface area contributed by atoms with E-state index in [0.29, 0.717) is 0 Å². The maximum Gasteiger partial charge on any atom is 0.0602 e. The number of nitrogens with zero attached hydrogens (tertiary/aromatic N) is 2. The molecular weight excluding hydrogens is 172 g/mol. The first kappa shape index (κ1) is 7.68. The number of hydrogen-bond donors (Lipinski definition) is 0. The lowest BCUT2D eigenvalue weighted by molar-refractivity contribution is 0.616. The molecular formula is C12H12N2. The van der Waals surface area contributed by atoms with Gasteiger partial charge in [0.2, 0.25) is 0 Å². The molecule has 1 aromatic carbocycles. The summed E-state index contributed by atoms with van der Waals surface area (Å²) in [4.78, 5) is 0. The molecule has 0 fully saturated rings. The Bertz CT molecular complexity index is 406. The molecule has 2 nitrogen and oxygen atoms in total. The Morgan fingerprint density at radius 2 is 1.36 bits per heavy atom. The van der Waals surface area contributed by atoms with Gasteiger partial charge in [0.05, 0.1) is 13.1 Å². The van der Waals surface area contributed by atoms with Gasteiger partial charge in [0, 0.05) is 12.4 Å². The van der Waals surface area contributed by atoms with Crippen molar-refractivity contribution >= 4 is 0 Å². The van der Waals surface area contributed by atoms with Crippen LogP contribution in [0, 0.1) is 0 Å². The first-order valence-corrected chi connectivity index (χ1v) is 4.88. The second-order valence-corrected chi connectivity index (χ2v) is 3.65. The summed E-state index contributed by atoms with van der Waals surface area (Å²) in [5.74, 6) is 0. The van der Waals surface area contributed by atoms with E-state index in [1.54, 1.807) is 0 Å². The summed E-state index contributed by atoms with van der Waals surface area (Å²) in [6.07, 6.45) is 4.18. The van der Waals surface area contributed by atoms with Crippen molar-refractivity contribution in [3.63, 3.8) is 0 Å². The second-order valence-electron chi connectivity index (χ2n) is 3.65. The van der Waals surface area contributed by atoms with Gasteiger partial charge >= 0.3 is 0 Å². The predicted molar refractivity (Wildman–Crippen MR) is 56.5 cm³/mol. The highest BCUT2D eigenvalue weighted by molar-refractivity contribution is 5.34. The van der Waals surface area contributed by atoms with Gasteiger partial charge in [0.25, 0.3) is 0 Å². The lowest BCUT2D eigenvalue weighted by Crippen LogP contribution is -2.26. The highest BCUT2D eigenvalue weighted by atomic mass is 15.5. The predicted octanol–water partition coefficient (Wildman–Crippen LogP) is 2.14. The van der Waals surface area contributed by atoms with Gasteiger partial charge in [0.15, 0.2) is 0 Å². The van der Waals surface area contributed by atoms with Crippen molar-refractivity contribution in [2.75, 3.05) is 5.01 Å². The number of fused-ring (bicyclic) bond motifs is 1. The monoisotopic (exact) mass is 184 g/mol. The van der Waals surface area contributed by atoms with E-state index in [1.807, 2.05) is 0 Å². The zero-order chi connectivity index (χ0) is 9.38. The highest BCUT2D eigenvalue weighted by Crippen LogP contribution is 2.20. The standard InChI is InChI=1S/C12H12N2/c1-2-6-12-10-14(9-11(12)5-1)13-7-3-4-8-13/h1-8H,9-10H2. The van der Waals surface area contributed by atoms with Gasteiger partial charge in [0.1, 0.15) is 0 Å². The smallest absolute Gasteiger partial charge is 0.0602 e. The Morgan fingerprint density at radius 3 is 1.93 bits per heavy atom. The van der Waals surface area contributed by atoms with E-state index in [0.717, 1.165) is 13.1 Å². The van der Waals surface area contributed by atoms with Crippen molar-refractivity contribution in [2.24, 2.45) is 0 Å². The molecule has 0 saturated heterocycles. The van der Waals surface area contributed by atoms with Crippen LogP contribution in [-0.2, 0) is 13.1 Å². The van der Waals surface area contributed by atoms with Crippen molar-refractivity contribution in [3.8, 4) is 0 Å². The van der Waals surface area contributed by atoms with Crippen LogP contribution < -0.4 is 5.01 Å². The topological polar surface area (TPSA) is 8.17 Å². The van der Waals surface area contributed by atoms with Crippen molar-refractivity contribution in [3.05, 3.63) is 59.9 Å². The maximum absolute atomic E-state index is 2.32. The molecule has 1 aliphatic heterocycles. The Hall–Kier alpha value is -1.70. The van der Waals surface area contributed by atoms with Crippen LogP contribution in [0.25, 0.3) is 0 Å². The van der Waals surface area contributed by atoms with E-state index in [1.165, 1.54) is 11.1 Å². The van der Waals surface area contributed by atoms with Crippen LogP contribution in [0.3, 0.4) is 0 Å². The van der Waals surface area contributed by atoms with Crippen LogP contribution in [0.4, 0.5) is 0 Å². The molecule has 1 aromatic heterocycles. The van der Waals surface area contributed by atoms with E-state index < -0.39 is 0 Å². The molecule has 0 N–H and O–H groups in total. The minimum Gasteiger partial charge on any atom is -0.304 e. The van der Waals surface area contributed by atoms with Crippen LogP contribution in [0.15, 0.2) is 48.8 Å². The Kier molecular flexibility index (Phi) is 1.60. The molecule has 0 saturated carbocycles. The molecule has 0 aliphatic carbocycles. The normalized spacial score (nSPS) is 14.4. The lowest BCUT2D eigenvalue weighted by atomic mass is 10.1. The van der Waals surface area contributed by atoms with Crippen molar-refractivity contribution < 1.29 is 0 Å². The fourth-order valence-electron chi connectivity index (χ4n) is 1.99. The average molecular weight is 184 g/mol. The third-order valence-corrected chi connectivity index (χ3v) is 2.74. The molecule has 0 amide bonds. The van der Waals surface area contributed by atoms with Crippen LogP contribution in [0.2, 0.25) is 0 Å². The van der Waals surface area contributed by atoms with Crippen molar-refractivity contribution in [2.45, 2.75) is 13.1 Å². The van der Waals surface area contributed by atoms with E-state index in [2.05, 4.69) is 58.5 Å². The lowest BCUT2D eigenvalue weighted by Gasteiger charge is -2.18. The zero-order valence-electron chi connectivity index (χ0n) is 7.93. The van der Waals surface area contributed by atoms with Gasteiger partial charge in [-0.15, -0.1) is 0 Å². The van der Waals surface area contributed by atoms with Gasteiger partial charge in [-0.3, -0.25) is 4.68 Å². The van der Waals surface area contributed by atoms with Crippen LogP contribution >= 0.6 is 0 Å². The highest BCUT2D eigenvalue weighted by Gasteiger charge is 2.17. The number of hydrogen-bond acceptors (Lipinski definition) is 1. The fourth-order valence-corrected chi connectivity index (χ4v) is 1.99. The molecule has 70 valence electrons. The Morgan fingerprint density at radius 1 is 0.786 bits per heavy atom. The first-order valence-electron chi connectivity index (χ1n) is 4.88. The Labute approximate surface area is 83.4 Å². The summed E-state index contributed by atoms with van der Waals surface area (Å²) in [5, 5.41) is 2.32. The number of rotatable bonds is 1. The summed E-state index contributed by atoms with van der Waals surface area (Å²) in [6.45, 7) is 2.04. The van der Waals surface area contributed by atoms with E-state index >= 15 is 0 Å². The number of aromatic nitrogens is 1. The summed E-state index contributed by atoms with van der Waals surface area (Å²) in [7, 11) is 0. The van der Waals surface area contributed by atoms with Crippen LogP contribution in [0.5, 0.6) is 0 Å². The van der Waals surface area contributed by atoms with Gasteiger partial charge in [-0.25, -0.2) is 0 Å². The summed E-state index contributed by atoms with van der Waals surface area (Å²) >= 11 is 0. The summed E-state index contributed by atoms with van der Waals surface area (Å²) < 4.78 is 2.15. The zero-order valence-corrected chi connectivity index (χ0v) is 7.93. The summed E-state index contributed by atoms with van der Waals surface area (Å²) in [6, 6.07) is 12.7. The molecule has 0 bridgehead atoms. The molecule has 14 heavy (non-hydrogen) atoms. The molecule has 1 aliphatic rings. The third kappa shape index (κ3) is 1.11. The maximum atomic E-state index is 2.32. The largest absolute Gasteiger partial charge is 0.304 e. The molecule has 2 heterocycles. The van der Waals surface area contributed by atoms with Crippen molar-refractivity contribution in [1.29, 1.82) is 0 Å². The number of benzene rings is 1. The van der Waals surface area contributed by atoms with Crippen molar-refractivity contribution in [1.82, 2.24) is 4.68 Å². The minimum absolute atomic E-state index is 1.02. The molecule has 2 heteroatoms. The molecule has 3 rings (SSSR count). The average Bonchev–Trinajstić information content (AvgIpc) is 2.86. The van der Waals surface area contributed by atoms with Gasteiger partial charge in [-0.05, 0) is 23.3 Å². The van der Waals surface area contributed by atoms with Crippen LogP contribution in [0.1, 0.15) is 11.1 Å². The van der Waals surface area contributed by atoms with Gasteiger partial charge in [-0.2, -0.15) is 0 Å². The van der Waals surface area contributed by atoms with Crippen LogP contribution in [-0.4, -0.2) is 4.68 Å². The van der Waals surface area contributed by atoms with Gasteiger partial charge < -0.3 is 5.01 Å². The first-order chi connectivity index (χ1) is 6.93. The molecule has 0 radical (unpaired) electrons. The van der Waals surface area contributed by atoms with E-state index in [4.69, 9.17) is 0 Å². The SMILES string of the molecule is c1ccc2c(c1)CN(n1cccc1)C2. The van der Waals surface area contributed by atoms with Gasteiger partial charge in [-0.1, -0.05) is 24.3 Å². The Balaban J connectivity index is 1.92. The third-order valence-electron chi connectivity index (χ3n) is 2.74. The minimum atomic E-state index is 1.02.